The number of unbranched alkanes of at least 4 members (excludes halogenated alkanes) is 2. The molecule has 1 saturated heterocycles. The van der Waals surface area contributed by atoms with E-state index >= 15 is 0 Å². The van der Waals surface area contributed by atoms with Crippen molar-refractivity contribution in [1.29, 1.82) is 0 Å². The Kier molecular flexibility index (Phi) is 6.03. The van der Waals surface area contributed by atoms with Crippen LogP contribution in [0.2, 0.25) is 0 Å². The monoisotopic (exact) mass is 373 g/mol. The van der Waals surface area contributed by atoms with Gasteiger partial charge in [0.05, 0.1) is 21.7 Å². The van der Waals surface area contributed by atoms with E-state index in [0.29, 0.717) is 12.1 Å². The summed E-state index contributed by atoms with van der Waals surface area (Å²) in [5.74, 6) is -0.650. The Balaban J connectivity index is 2.05. The smallest absolute Gasteiger partial charge is 0.251 e. The lowest BCUT2D eigenvalue weighted by molar-refractivity contribution is 0.0953. The molecule has 0 aliphatic carbocycles. The third kappa shape index (κ3) is 4.57. The van der Waals surface area contributed by atoms with E-state index in [1.165, 1.54) is 24.3 Å². The van der Waals surface area contributed by atoms with Crippen molar-refractivity contribution in [3.63, 3.8) is 0 Å². The number of benzene rings is 1. The van der Waals surface area contributed by atoms with Gasteiger partial charge in [0.25, 0.3) is 5.91 Å². The highest BCUT2D eigenvalue weighted by atomic mass is 32.2. The fourth-order valence-corrected chi connectivity index (χ4v) is 7.03. The number of rotatable bonds is 7. The first kappa shape index (κ1) is 18.9. The Labute approximate surface area is 143 Å². The van der Waals surface area contributed by atoms with Crippen molar-refractivity contribution in [2.45, 2.75) is 42.8 Å². The van der Waals surface area contributed by atoms with Crippen LogP contribution in [0.15, 0.2) is 29.2 Å². The Hall–Kier alpha value is -1.41. The third-order valence-corrected chi connectivity index (χ3v) is 8.33. The van der Waals surface area contributed by atoms with Gasteiger partial charge in [0.2, 0.25) is 0 Å². The van der Waals surface area contributed by atoms with Crippen LogP contribution in [0.25, 0.3) is 0 Å². The van der Waals surface area contributed by atoms with Gasteiger partial charge in [0.1, 0.15) is 0 Å². The summed E-state index contributed by atoms with van der Waals surface area (Å²) in [4.78, 5) is 12.0. The molecule has 0 radical (unpaired) electrons. The van der Waals surface area contributed by atoms with E-state index in [9.17, 15) is 21.6 Å². The van der Waals surface area contributed by atoms with Gasteiger partial charge in [-0.25, -0.2) is 16.8 Å². The van der Waals surface area contributed by atoms with Crippen LogP contribution in [0.1, 0.15) is 43.0 Å². The van der Waals surface area contributed by atoms with Crippen LogP contribution in [-0.4, -0.2) is 46.0 Å². The van der Waals surface area contributed by atoms with E-state index < -0.39 is 24.9 Å². The second-order valence-corrected chi connectivity index (χ2v) is 10.5. The summed E-state index contributed by atoms with van der Waals surface area (Å²) < 4.78 is 47.9. The van der Waals surface area contributed by atoms with Crippen LogP contribution in [0.4, 0.5) is 0 Å². The highest BCUT2D eigenvalue weighted by Crippen LogP contribution is 2.25. The third-order valence-electron chi connectivity index (χ3n) is 4.14. The van der Waals surface area contributed by atoms with Gasteiger partial charge in [-0.2, -0.15) is 0 Å². The first-order valence-corrected chi connectivity index (χ1v) is 11.5. The van der Waals surface area contributed by atoms with Gasteiger partial charge in [0.15, 0.2) is 19.7 Å². The lowest BCUT2D eigenvalue weighted by Gasteiger charge is -2.11. The first-order valence-electron chi connectivity index (χ1n) is 8.09. The quantitative estimate of drug-likeness (QED) is 0.732. The molecule has 1 amide bonds. The summed E-state index contributed by atoms with van der Waals surface area (Å²) in [7, 11) is -6.95. The normalized spacial score (nSPS) is 20.0. The molecule has 0 unspecified atom stereocenters. The molecule has 1 heterocycles. The van der Waals surface area contributed by atoms with Crippen LogP contribution in [0.5, 0.6) is 0 Å². The average Bonchev–Trinajstić information content (AvgIpc) is 2.92. The van der Waals surface area contributed by atoms with Crippen molar-refractivity contribution in [3.8, 4) is 0 Å². The van der Waals surface area contributed by atoms with Gasteiger partial charge < -0.3 is 5.32 Å². The molecule has 0 bridgehead atoms. The van der Waals surface area contributed by atoms with Gasteiger partial charge >= 0.3 is 0 Å². The van der Waals surface area contributed by atoms with Crippen molar-refractivity contribution in [2.75, 3.05) is 18.1 Å². The van der Waals surface area contributed by atoms with Gasteiger partial charge in [-0.15, -0.1) is 0 Å². The van der Waals surface area contributed by atoms with Crippen LogP contribution in [0.3, 0.4) is 0 Å². The molecule has 6 nitrogen and oxygen atoms in total. The highest BCUT2D eigenvalue weighted by Gasteiger charge is 2.37. The van der Waals surface area contributed by atoms with E-state index in [1.807, 2.05) is 0 Å². The summed E-state index contributed by atoms with van der Waals surface area (Å²) in [6.45, 7) is 2.67. The molecule has 1 atom stereocenters. The minimum Gasteiger partial charge on any atom is -0.352 e. The Morgan fingerprint density at radius 3 is 2.42 bits per heavy atom. The van der Waals surface area contributed by atoms with Crippen molar-refractivity contribution < 1.29 is 21.6 Å². The molecule has 0 spiro atoms. The van der Waals surface area contributed by atoms with E-state index in [4.69, 9.17) is 0 Å². The maximum Gasteiger partial charge on any atom is 0.251 e. The average molecular weight is 373 g/mol. The fraction of sp³-hybridized carbons (Fsp3) is 0.562. The minimum absolute atomic E-state index is 0.0622. The van der Waals surface area contributed by atoms with E-state index in [1.54, 1.807) is 0 Å². The van der Waals surface area contributed by atoms with Crippen LogP contribution in [-0.2, 0) is 19.7 Å². The van der Waals surface area contributed by atoms with Gasteiger partial charge in [-0.1, -0.05) is 19.8 Å². The van der Waals surface area contributed by atoms with Crippen molar-refractivity contribution >= 4 is 25.6 Å². The second kappa shape index (κ2) is 7.65. The molecule has 2 rings (SSSR count). The predicted octanol–water partition coefficient (Wildman–Crippen LogP) is 1.57. The highest BCUT2D eigenvalue weighted by molar-refractivity contribution is 7.96. The standard InChI is InChI=1S/C16H23NO5S2/c1-2-3-4-10-17-16(18)13-5-7-14(8-6-13)24(21,22)15-9-11-23(19,20)12-15/h5-8,15H,2-4,9-12H2,1H3,(H,17,18)/t15-/m1/s1. The van der Waals surface area contributed by atoms with E-state index in [2.05, 4.69) is 12.2 Å². The zero-order valence-corrected chi connectivity index (χ0v) is 15.3. The van der Waals surface area contributed by atoms with Gasteiger partial charge in [-0.05, 0) is 37.1 Å². The molecule has 1 fully saturated rings. The van der Waals surface area contributed by atoms with Crippen molar-refractivity contribution in [1.82, 2.24) is 5.32 Å². The summed E-state index contributed by atoms with van der Waals surface area (Å²) in [6.07, 6.45) is 3.15. The van der Waals surface area contributed by atoms with E-state index in [-0.39, 0.29) is 28.7 Å². The van der Waals surface area contributed by atoms with E-state index in [0.717, 1.165) is 19.3 Å². The summed E-state index contributed by atoms with van der Waals surface area (Å²) in [6, 6.07) is 5.68. The molecule has 1 aliphatic rings. The largest absolute Gasteiger partial charge is 0.352 e. The number of amides is 1. The molecule has 24 heavy (non-hydrogen) atoms. The molecule has 8 heteroatoms. The minimum atomic E-state index is -3.69. The first-order chi connectivity index (χ1) is 11.3. The summed E-state index contributed by atoms with van der Waals surface area (Å²) in [5, 5.41) is 1.90. The Bertz CT molecular complexity index is 782. The predicted molar refractivity (Wildman–Crippen MR) is 92.5 cm³/mol. The maximum atomic E-state index is 12.5. The molecule has 1 aromatic rings. The van der Waals surface area contributed by atoms with Crippen molar-refractivity contribution in [2.24, 2.45) is 0 Å². The van der Waals surface area contributed by atoms with Crippen LogP contribution < -0.4 is 5.32 Å². The molecule has 1 N–H and O–H groups in total. The lowest BCUT2D eigenvalue weighted by Crippen LogP contribution is -2.25. The Morgan fingerprint density at radius 2 is 1.88 bits per heavy atom. The lowest BCUT2D eigenvalue weighted by atomic mass is 10.2. The zero-order valence-electron chi connectivity index (χ0n) is 13.7. The number of carbonyl (C=O) groups is 1. The number of hydrogen-bond acceptors (Lipinski definition) is 5. The fourth-order valence-electron chi connectivity index (χ4n) is 2.67. The maximum absolute atomic E-state index is 12.5. The topological polar surface area (TPSA) is 97.4 Å². The van der Waals surface area contributed by atoms with Gasteiger partial charge in [-0.3, -0.25) is 4.79 Å². The molecular weight excluding hydrogens is 350 g/mol. The number of sulfone groups is 2. The molecular formula is C16H23NO5S2. The van der Waals surface area contributed by atoms with Gasteiger partial charge in [0, 0.05) is 12.1 Å². The summed E-state index contributed by atoms with van der Waals surface area (Å²) >= 11 is 0. The number of carbonyl (C=O) groups excluding carboxylic acids is 1. The molecule has 0 aromatic heterocycles. The van der Waals surface area contributed by atoms with Crippen LogP contribution >= 0.6 is 0 Å². The number of hydrogen-bond donors (Lipinski definition) is 1. The van der Waals surface area contributed by atoms with Crippen molar-refractivity contribution in [3.05, 3.63) is 29.8 Å². The second-order valence-electron chi connectivity index (χ2n) is 6.06. The molecule has 0 saturated carbocycles. The molecule has 1 aromatic carbocycles. The molecule has 1 aliphatic heterocycles. The van der Waals surface area contributed by atoms with Crippen LogP contribution in [0, 0.1) is 0 Å². The zero-order chi connectivity index (χ0) is 17.8. The summed E-state index contributed by atoms with van der Waals surface area (Å²) in [5.41, 5.74) is 0.393. The number of nitrogens with one attached hydrogen (secondary N) is 1. The Morgan fingerprint density at radius 1 is 1.21 bits per heavy atom. The molecule has 134 valence electrons. The SMILES string of the molecule is CCCCCNC(=O)c1ccc(S(=O)(=O)[C@@H]2CCS(=O)(=O)C2)cc1.